The number of amides is 2. The van der Waals surface area contributed by atoms with Crippen LogP contribution >= 0.6 is 0 Å². The van der Waals surface area contributed by atoms with E-state index >= 15 is 0 Å². The maximum Gasteiger partial charge on any atom is 0.573 e. The molecule has 1 aromatic carbocycles. The van der Waals surface area contributed by atoms with E-state index in [-0.39, 0.29) is 17.6 Å². The Morgan fingerprint density at radius 3 is 2.35 bits per heavy atom. The van der Waals surface area contributed by atoms with Gasteiger partial charge in [-0.3, -0.25) is 14.5 Å². The van der Waals surface area contributed by atoms with Gasteiger partial charge in [-0.05, 0) is 37.6 Å². The molecule has 0 saturated carbocycles. The minimum absolute atomic E-state index is 0.0186. The lowest BCUT2D eigenvalue weighted by molar-refractivity contribution is -0.274. The van der Waals surface area contributed by atoms with Crippen LogP contribution in [0.5, 0.6) is 5.75 Å². The van der Waals surface area contributed by atoms with Crippen LogP contribution in [0.1, 0.15) is 20.3 Å². The Hall–Kier alpha value is -2.29. The summed E-state index contributed by atoms with van der Waals surface area (Å²) in [5.74, 6) is -0.587. The molecule has 26 heavy (non-hydrogen) atoms. The van der Waals surface area contributed by atoms with Crippen molar-refractivity contribution < 1.29 is 27.5 Å². The molecule has 0 bridgehead atoms. The second-order valence-electron chi connectivity index (χ2n) is 6.13. The van der Waals surface area contributed by atoms with Gasteiger partial charge in [0.05, 0.1) is 6.04 Å². The molecule has 0 radical (unpaired) electrons. The van der Waals surface area contributed by atoms with E-state index in [0.717, 1.165) is 18.6 Å². The highest BCUT2D eigenvalue weighted by Gasteiger charge is 2.31. The molecule has 0 unspecified atom stereocenters. The smallest absolute Gasteiger partial charge is 0.406 e. The number of ether oxygens (including phenoxy) is 1. The fourth-order valence-corrected chi connectivity index (χ4v) is 2.79. The van der Waals surface area contributed by atoms with Crippen LogP contribution in [0.4, 0.5) is 18.9 Å². The Morgan fingerprint density at radius 2 is 1.77 bits per heavy atom. The predicted octanol–water partition coefficient (Wildman–Crippen LogP) is 2.47. The Bertz CT molecular complexity index is 634. The van der Waals surface area contributed by atoms with E-state index < -0.39 is 12.4 Å². The predicted molar refractivity (Wildman–Crippen MR) is 89.7 cm³/mol. The highest BCUT2D eigenvalue weighted by atomic mass is 19.4. The Kier molecular flexibility index (Phi) is 6.47. The molecule has 0 aliphatic carbocycles. The van der Waals surface area contributed by atoms with Crippen LogP contribution in [0, 0.1) is 0 Å². The van der Waals surface area contributed by atoms with Crippen LogP contribution in [0.2, 0.25) is 0 Å². The van der Waals surface area contributed by atoms with Gasteiger partial charge in [0.2, 0.25) is 11.8 Å². The molecule has 2 rings (SSSR count). The van der Waals surface area contributed by atoms with Crippen LogP contribution < -0.4 is 10.1 Å². The molecule has 1 saturated heterocycles. The molecule has 1 aliphatic rings. The Labute approximate surface area is 149 Å². The summed E-state index contributed by atoms with van der Waals surface area (Å²) in [5.41, 5.74) is 0.386. The van der Waals surface area contributed by atoms with Crippen LogP contribution in [-0.4, -0.2) is 60.2 Å². The zero-order chi connectivity index (χ0) is 19.3. The standard InChI is InChI=1S/C17H22F3N3O3/c1-12(22-8-3-9-23(11-10-22)13(2)24)16(25)21-14-4-6-15(7-5-14)26-17(18,19)20/h4-7,12H,3,8-11H2,1-2H3,(H,21,25)/t12-/m1/s1. The van der Waals surface area contributed by atoms with E-state index in [1.165, 1.54) is 19.1 Å². The number of nitrogens with zero attached hydrogens (tertiary/aromatic N) is 2. The second-order valence-corrected chi connectivity index (χ2v) is 6.13. The Morgan fingerprint density at radius 1 is 1.12 bits per heavy atom. The first kappa shape index (κ1) is 20.0. The number of hydrogen-bond donors (Lipinski definition) is 1. The van der Waals surface area contributed by atoms with Crippen molar-refractivity contribution in [1.29, 1.82) is 0 Å². The normalized spacial score (nSPS) is 17.3. The number of carbonyl (C=O) groups is 2. The topological polar surface area (TPSA) is 61.9 Å². The van der Waals surface area contributed by atoms with E-state index in [0.29, 0.717) is 31.9 Å². The third-order valence-electron chi connectivity index (χ3n) is 4.26. The average Bonchev–Trinajstić information content (AvgIpc) is 2.80. The Balaban J connectivity index is 1.91. The fourth-order valence-electron chi connectivity index (χ4n) is 2.79. The van der Waals surface area contributed by atoms with Crippen molar-refractivity contribution in [2.75, 3.05) is 31.5 Å². The molecular weight excluding hydrogens is 351 g/mol. The molecule has 1 heterocycles. The average molecular weight is 373 g/mol. The van der Waals surface area contributed by atoms with Gasteiger partial charge < -0.3 is 15.0 Å². The van der Waals surface area contributed by atoms with Crippen LogP contribution in [0.15, 0.2) is 24.3 Å². The number of carbonyl (C=O) groups excluding carboxylic acids is 2. The summed E-state index contributed by atoms with van der Waals surface area (Å²) in [6, 6.07) is 4.57. The van der Waals surface area contributed by atoms with Crippen molar-refractivity contribution in [1.82, 2.24) is 9.80 Å². The minimum Gasteiger partial charge on any atom is -0.406 e. The van der Waals surface area contributed by atoms with Crippen molar-refractivity contribution in [3.63, 3.8) is 0 Å². The largest absolute Gasteiger partial charge is 0.573 e. The van der Waals surface area contributed by atoms with Gasteiger partial charge >= 0.3 is 6.36 Å². The van der Waals surface area contributed by atoms with Gasteiger partial charge in [-0.25, -0.2) is 0 Å². The summed E-state index contributed by atoms with van der Waals surface area (Å²) < 4.78 is 40.3. The molecule has 144 valence electrons. The summed E-state index contributed by atoms with van der Waals surface area (Å²) in [5, 5.41) is 2.69. The zero-order valence-corrected chi connectivity index (χ0v) is 14.7. The van der Waals surface area contributed by atoms with Crippen molar-refractivity contribution in [3.8, 4) is 5.75 Å². The quantitative estimate of drug-likeness (QED) is 0.881. The van der Waals surface area contributed by atoms with E-state index in [9.17, 15) is 22.8 Å². The first-order valence-corrected chi connectivity index (χ1v) is 8.32. The van der Waals surface area contributed by atoms with Gasteiger partial charge in [0.15, 0.2) is 0 Å². The third-order valence-corrected chi connectivity index (χ3v) is 4.26. The van der Waals surface area contributed by atoms with Gasteiger partial charge in [-0.1, -0.05) is 0 Å². The maximum absolute atomic E-state index is 12.4. The highest BCUT2D eigenvalue weighted by Crippen LogP contribution is 2.24. The number of nitrogens with one attached hydrogen (secondary N) is 1. The second kappa shape index (κ2) is 8.39. The molecule has 6 nitrogen and oxygen atoms in total. The van der Waals surface area contributed by atoms with E-state index in [1.807, 2.05) is 4.90 Å². The molecule has 0 spiro atoms. The number of alkyl halides is 3. The van der Waals surface area contributed by atoms with Gasteiger partial charge in [-0.2, -0.15) is 0 Å². The van der Waals surface area contributed by atoms with Gasteiger partial charge in [-0.15, -0.1) is 13.2 Å². The van der Waals surface area contributed by atoms with Crippen molar-refractivity contribution in [3.05, 3.63) is 24.3 Å². The zero-order valence-electron chi connectivity index (χ0n) is 14.7. The molecule has 1 aliphatic heterocycles. The summed E-state index contributed by atoms with van der Waals surface area (Å²) >= 11 is 0. The molecule has 1 fully saturated rings. The van der Waals surface area contributed by atoms with Crippen LogP contribution in [-0.2, 0) is 9.59 Å². The van der Waals surface area contributed by atoms with Crippen LogP contribution in [0.3, 0.4) is 0 Å². The summed E-state index contributed by atoms with van der Waals surface area (Å²) in [6.45, 7) is 5.80. The first-order valence-electron chi connectivity index (χ1n) is 8.32. The lowest BCUT2D eigenvalue weighted by Gasteiger charge is -2.26. The van der Waals surface area contributed by atoms with E-state index in [2.05, 4.69) is 10.1 Å². The first-order chi connectivity index (χ1) is 12.2. The third kappa shape index (κ3) is 5.91. The van der Waals surface area contributed by atoms with Gasteiger partial charge in [0.1, 0.15) is 5.75 Å². The van der Waals surface area contributed by atoms with Crippen molar-refractivity contribution in [2.45, 2.75) is 32.7 Å². The number of benzene rings is 1. The van der Waals surface area contributed by atoms with E-state index in [1.54, 1.807) is 11.8 Å². The number of halogens is 3. The maximum atomic E-state index is 12.4. The summed E-state index contributed by atoms with van der Waals surface area (Å²) in [4.78, 5) is 27.6. The van der Waals surface area contributed by atoms with Crippen molar-refractivity contribution in [2.24, 2.45) is 0 Å². The lowest BCUT2D eigenvalue weighted by atomic mass is 10.2. The minimum atomic E-state index is -4.75. The number of rotatable bonds is 4. The fraction of sp³-hybridized carbons (Fsp3) is 0.529. The monoisotopic (exact) mass is 373 g/mol. The van der Waals surface area contributed by atoms with E-state index in [4.69, 9.17) is 0 Å². The highest BCUT2D eigenvalue weighted by molar-refractivity contribution is 5.94. The molecule has 2 amide bonds. The lowest BCUT2D eigenvalue weighted by Crippen LogP contribution is -2.44. The van der Waals surface area contributed by atoms with Crippen molar-refractivity contribution >= 4 is 17.5 Å². The number of anilines is 1. The van der Waals surface area contributed by atoms with Gasteiger partial charge in [0, 0.05) is 38.8 Å². The molecule has 9 heteroatoms. The molecule has 1 aromatic rings. The molecule has 0 aromatic heterocycles. The number of hydrogen-bond acceptors (Lipinski definition) is 4. The molecular formula is C17H22F3N3O3. The summed E-state index contributed by atoms with van der Waals surface area (Å²) in [7, 11) is 0. The summed E-state index contributed by atoms with van der Waals surface area (Å²) in [6.07, 6.45) is -3.97. The molecule has 1 atom stereocenters. The SMILES string of the molecule is CC(=O)N1CCCN([C@H](C)C(=O)Nc2ccc(OC(F)(F)F)cc2)CC1. The molecule has 1 N–H and O–H groups in total. The van der Waals surface area contributed by atoms with Gasteiger partial charge in [0.25, 0.3) is 0 Å². The van der Waals surface area contributed by atoms with Crippen LogP contribution in [0.25, 0.3) is 0 Å².